The van der Waals surface area contributed by atoms with Crippen LogP contribution in [0.2, 0.25) is 0 Å². The van der Waals surface area contributed by atoms with Gasteiger partial charge in [-0.2, -0.15) is 0 Å². The van der Waals surface area contributed by atoms with E-state index in [1.165, 1.54) is 0 Å². The number of aliphatic imine (C=N–C) groups is 1. The van der Waals surface area contributed by atoms with E-state index in [4.69, 9.17) is 5.84 Å². The van der Waals surface area contributed by atoms with Crippen molar-refractivity contribution in [1.82, 2.24) is 10.7 Å². The highest BCUT2D eigenvalue weighted by molar-refractivity contribution is 5.79. The lowest BCUT2D eigenvalue weighted by molar-refractivity contribution is 0.627. The maximum Gasteiger partial charge on any atom is 0.205 e. The zero-order valence-electron chi connectivity index (χ0n) is 6.81. The third kappa shape index (κ3) is 3.29. The molecule has 0 aliphatic heterocycles. The van der Waals surface area contributed by atoms with Crippen LogP contribution in [0.1, 0.15) is 20.3 Å². The summed E-state index contributed by atoms with van der Waals surface area (Å²) in [5.41, 5.74) is 2.46. The molecule has 0 saturated carbocycles. The highest BCUT2D eigenvalue weighted by Crippen LogP contribution is 1.85. The van der Waals surface area contributed by atoms with Gasteiger partial charge in [0.1, 0.15) is 0 Å². The van der Waals surface area contributed by atoms with Gasteiger partial charge in [-0.05, 0) is 13.3 Å². The minimum atomic E-state index is 0.412. The lowest BCUT2D eigenvalue weighted by Crippen LogP contribution is -2.45. The average Bonchev–Trinajstić information content (AvgIpc) is 1.99. The Morgan fingerprint density at radius 2 is 2.30 bits per heavy atom. The van der Waals surface area contributed by atoms with E-state index < -0.39 is 0 Å². The van der Waals surface area contributed by atoms with Crippen molar-refractivity contribution in [1.29, 1.82) is 0 Å². The van der Waals surface area contributed by atoms with Crippen molar-refractivity contribution in [2.45, 2.75) is 26.3 Å². The molecule has 0 aromatic heterocycles. The number of nitrogens with two attached hydrogens (primary N) is 1. The van der Waals surface area contributed by atoms with Gasteiger partial charge >= 0.3 is 0 Å². The Kier molecular flexibility index (Phi) is 4.66. The first-order valence-electron chi connectivity index (χ1n) is 3.44. The number of rotatable bonds is 2. The van der Waals surface area contributed by atoms with Crippen molar-refractivity contribution in [3.05, 3.63) is 0 Å². The molecular weight excluding hydrogens is 128 g/mol. The Bertz CT molecular complexity index is 110. The van der Waals surface area contributed by atoms with Crippen LogP contribution in [0.5, 0.6) is 0 Å². The van der Waals surface area contributed by atoms with Gasteiger partial charge in [0, 0.05) is 13.1 Å². The fourth-order valence-corrected chi connectivity index (χ4v) is 0.506. The van der Waals surface area contributed by atoms with Crippen LogP contribution in [-0.4, -0.2) is 19.0 Å². The number of hydrogen-bond acceptors (Lipinski definition) is 2. The molecule has 0 aromatic rings. The van der Waals surface area contributed by atoms with E-state index >= 15 is 0 Å². The summed E-state index contributed by atoms with van der Waals surface area (Å²) >= 11 is 0. The van der Waals surface area contributed by atoms with Gasteiger partial charge in [-0.3, -0.25) is 10.4 Å². The monoisotopic (exact) mass is 144 g/mol. The Labute approximate surface area is 61.9 Å². The molecule has 0 saturated heterocycles. The summed E-state index contributed by atoms with van der Waals surface area (Å²) in [6.07, 6.45) is 1.06. The van der Waals surface area contributed by atoms with Gasteiger partial charge < -0.3 is 5.32 Å². The summed E-state index contributed by atoms with van der Waals surface area (Å²) in [5.74, 6) is 5.78. The van der Waals surface area contributed by atoms with E-state index in [0.29, 0.717) is 12.0 Å². The zero-order chi connectivity index (χ0) is 7.98. The summed E-state index contributed by atoms with van der Waals surface area (Å²) in [6.45, 7) is 4.17. The number of nitrogens with one attached hydrogen (secondary N) is 2. The van der Waals surface area contributed by atoms with Crippen molar-refractivity contribution in [3.63, 3.8) is 0 Å². The molecule has 10 heavy (non-hydrogen) atoms. The zero-order valence-corrected chi connectivity index (χ0v) is 6.81. The van der Waals surface area contributed by atoms with Crippen LogP contribution in [0, 0.1) is 0 Å². The Morgan fingerprint density at radius 1 is 1.70 bits per heavy atom. The number of hydrogen-bond donors (Lipinski definition) is 3. The highest BCUT2D eigenvalue weighted by atomic mass is 15.3. The van der Waals surface area contributed by atoms with Gasteiger partial charge in [0.2, 0.25) is 5.96 Å². The molecule has 0 fully saturated rings. The Morgan fingerprint density at radius 3 is 2.60 bits per heavy atom. The van der Waals surface area contributed by atoms with E-state index in [1.807, 2.05) is 0 Å². The first-order chi connectivity index (χ1) is 4.74. The topological polar surface area (TPSA) is 62.4 Å². The van der Waals surface area contributed by atoms with Gasteiger partial charge in [-0.15, -0.1) is 0 Å². The van der Waals surface area contributed by atoms with Gasteiger partial charge in [-0.25, -0.2) is 5.84 Å². The van der Waals surface area contributed by atoms with Crippen LogP contribution in [0.15, 0.2) is 4.99 Å². The van der Waals surface area contributed by atoms with Crippen LogP contribution in [0.25, 0.3) is 0 Å². The highest BCUT2D eigenvalue weighted by Gasteiger charge is 1.98. The SMILES string of the molecule is CCC(C)NC(=NC)NN. The number of hydrazine groups is 1. The summed E-state index contributed by atoms with van der Waals surface area (Å²) in [7, 11) is 1.69. The van der Waals surface area contributed by atoms with Crippen molar-refractivity contribution in [2.24, 2.45) is 10.8 Å². The minimum Gasteiger partial charge on any atom is -0.353 e. The van der Waals surface area contributed by atoms with E-state index in [9.17, 15) is 0 Å². The lowest BCUT2D eigenvalue weighted by atomic mass is 10.3. The molecule has 0 rings (SSSR count). The van der Waals surface area contributed by atoms with Crippen LogP contribution in [-0.2, 0) is 0 Å². The first kappa shape index (κ1) is 9.23. The average molecular weight is 144 g/mol. The lowest BCUT2D eigenvalue weighted by Gasteiger charge is -2.13. The molecule has 0 aliphatic rings. The molecular formula is C6H16N4. The third-order valence-corrected chi connectivity index (χ3v) is 1.36. The third-order valence-electron chi connectivity index (χ3n) is 1.36. The quantitative estimate of drug-likeness (QED) is 0.218. The van der Waals surface area contributed by atoms with E-state index in [2.05, 4.69) is 29.6 Å². The summed E-state index contributed by atoms with van der Waals surface area (Å²) in [6, 6.07) is 0.412. The normalized spacial score (nSPS) is 14.6. The van der Waals surface area contributed by atoms with Crippen molar-refractivity contribution >= 4 is 5.96 Å². The van der Waals surface area contributed by atoms with Gasteiger partial charge in [0.15, 0.2) is 0 Å². The van der Waals surface area contributed by atoms with Crippen molar-refractivity contribution in [3.8, 4) is 0 Å². The fraction of sp³-hybridized carbons (Fsp3) is 0.833. The molecule has 0 amide bonds. The van der Waals surface area contributed by atoms with E-state index in [1.54, 1.807) is 7.05 Å². The Hall–Kier alpha value is -0.770. The second-order valence-corrected chi connectivity index (χ2v) is 2.17. The van der Waals surface area contributed by atoms with E-state index in [0.717, 1.165) is 6.42 Å². The molecule has 0 spiro atoms. The molecule has 0 bridgehead atoms. The molecule has 0 radical (unpaired) electrons. The maximum absolute atomic E-state index is 5.14. The second-order valence-electron chi connectivity index (χ2n) is 2.17. The molecule has 4 heteroatoms. The predicted molar refractivity (Wildman–Crippen MR) is 43.6 cm³/mol. The van der Waals surface area contributed by atoms with Gasteiger partial charge in [-0.1, -0.05) is 6.92 Å². The van der Waals surface area contributed by atoms with Crippen molar-refractivity contribution < 1.29 is 0 Å². The Balaban J connectivity index is 3.64. The first-order valence-corrected chi connectivity index (χ1v) is 3.44. The summed E-state index contributed by atoms with van der Waals surface area (Å²) in [5, 5.41) is 3.08. The molecule has 0 heterocycles. The van der Waals surface area contributed by atoms with Gasteiger partial charge in [0.25, 0.3) is 0 Å². The van der Waals surface area contributed by atoms with Crippen LogP contribution >= 0.6 is 0 Å². The maximum atomic E-state index is 5.14. The smallest absolute Gasteiger partial charge is 0.205 e. The van der Waals surface area contributed by atoms with Gasteiger partial charge in [0.05, 0.1) is 0 Å². The van der Waals surface area contributed by atoms with Crippen molar-refractivity contribution in [2.75, 3.05) is 7.05 Å². The largest absolute Gasteiger partial charge is 0.353 e. The van der Waals surface area contributed by atoms with E-state index in [-0.39, 0.29) is 0 Å². The molecule has 4 N–H and O–H groups in total. The van der Waals surface area contributed by atoms with Crippen LogP contribution in [0.4, 0.5) is 0 Å². The van der Waals surface area contributed by atoms with Crippen LogP contribution < -0.4 is 16.6 Å². The second kappa shape index (κ2) is 5.05. The fourth-order valence-electron chi connectivity index (χ4n) is 0.506. The molecule has 4 nitrogen and oxygen atoms in total. The standard InChI is InChI=1S/C6H16N4/c1-4-5(2)9-6(8-3)10-7/h5H,4,7H2,1-3H3,(H2,8,9,10). The van der Waals surface area contributed by atoms with Crippen LogP contribution in [0.3, 0.4) is 0 Å². The minimum absolute atomic E-state index is 0.412. The summed E-state index contributed by atoms with van der Waals surface area (Å²) < 4.78 is 0. The number of guanidine groups is 1. The molecule has 60 valence electrons. The molecule has 0 aliphatic carbocycles. The molecule has 0 aromatic carbocycles. The summed E-state index contributed by atoms with van der Waals surface area (Å²) in [4.78, 5) is 3.86. The molecule has 1 unspecified atom stereocenters. The number of nitrogens with zero attached hydrogens (tertiary/aromatic N) is 1. The predicted octanol–water partition coefficient (Wildman–Crippen LogP) is -0.176. The molecule has 1 atom stereocenters.